The molecule has 0 aliphatic heterocycles. The second kappa shape index (κ2) is 5.90. The third-order valence-corrected chi connectivity index (χ3v) is 2.06. The fourth-order valence-corrected chi connectivity index (χ4v) is 1.47. The van der Waals surface area contributed by atoms with Gasteiger partial charge in [-0.25, -0.2) is 0 Å². The Labute approximate surface area is 78.5 Å². The van der Waals surface area contributed by atoms with Gasteiger partial charge in [-0.05, 0) is 12.2 Å². The molecule has 0 rings (SSSR count). The van der Waals surface area contributed by atoms with Crippen LogP contribution in [0.25, 0.3) is 0 Å². The van der Waals surface area contributed by atoms with Gasteiger partial charge in [-0.2, -0.15) is 5.26 Å². The Morgan fingerprint density at radius 2 is 2.25 bits per heavy atom. The molecule has 0 unspecified atom stereocenters. The lowest BCUT2D eigenvalue weighted by Crippen LogP contribution is -2.27. The van der Waals surface area contributed by atoms with Crippen LogP contribution in [-0.4, -0.2) is 29.9 Å². The number of amidine groups is 1. The van der Waals surface area contributed by atoms with Crippen molar-refractivity contribution in [2.45, 2.75) is 13.8 Å². The Balaban J connectivity index is 4.14. The molecule has 0 spiro atoms. The Morgan fingerprint density at radius 3 is 2.58 bits per heavy atom. The van der Waals surface area contributed by atoms with Crippen molar-refractivity contribution in [3.05, 3.63) is 0 Å². The molecule has 0 fully saturated rings. The number of aliphatic imine (C=N–C) groups is 1. The lowest BCUT2D eigenvalue weighted by Gasteiger charge is -2.20. The normalized spacial score (nSPS) is 11.5. The summed E-state index contributed by atoms with van der Waals surface area (Å²) in [7, 11) is 1.95. The predicted molar refractivity (Wildman–Crippen MR) is 54.0 cm³/mol. The zero-order chi connectivity index (χ0) is 9.56. The molecule has 0 saturated carbocycles. The van der Waals surface area contributed by atoms with Crippen molar-refractivity contribution in [1.29, 1.82) is 5.26 Å². The van der Waals surface area contributed by atoms with Crippen LogP contribution in [0.3, 0.4) is 0 Å². The molecule has 0 N–H and O–H groups in total. The smallest absolute Gasteiger partial charge is 0.208 e. The summed E-state index contributed by atoms with van der Waals surface area (Å²) in [5.41, 5.74) is 0. The van der Waals surface area contributed by atoms with Crippen molar-refractivity contribution in [3.8, 4) is 6.19 Å². The van der Waals surface area contributed by atoms with Gasteiger partial charge >= 0.3 is 0 Å². The van der Waals surface area contributed by atoms with Gasteiger partial charge in [0.05, 0.1) is 0 Å². The number of hydrogen-bond donors (Lipinski definition) is 0. The molecule has 0 heterocycles. The van der Waals surface area contributed by atoms with Crippen LogP contribution in [0.5, 0.6) is 0 Å². The third-order valence-electron chi connectivity index (χ3n) is 1.29. The highest BCUT2D eigenvalue weighted by atomic mass is 32.2. The van der Waals surface area contributed by atoms with Crippen LogP contribution >= 0.6 is 11.8 Å². The van der Waals surface area contributed by atoms with Crippen LogP contribution in [0.2, 0.25) is 0 Å². The number of thioether (sulfide) groups is 1. The van der Waals surface area contributed by atoms with Gasteiger partial charge in [0, 0.05) is 13.6 Å². The molecule has 0 bridgehead atoms. The van der Waals surface area contributed by atoms with E-state index in [1.807, 2.05) is 18.2 Å². The molecule has 3 nitrogen and oxygen atoms in total. The highest BCUT2D eigenvalue weighted by Crippen LogP contribution is 2.05. The molecular weight excluding hydrogens is 170 g/mol. The third kappa shape index (κ3) is 4.24. The standard InChI is InChI=1S/C8H15N3S/c1-7(2)5-11(3)8(12-4)10-6-9/h7H,5H2,1-4H3. The molecule has 0 saturated heterocycles. The van der Waals surface area contributed by atoms with E-state index in [2.05, 4.69) is 18.8 Å². The summed E-state index contributed by atoms with van der Waals surface area (Å²) in [5, 5.41) is 9.16. The topological polar surface area (TPSA) is 39.4 Å². The average molecular weight is 185 g/mol. The molecule has 12 heavy (non-hydrogen) atoms. The minimum atomic E-state index is 0.589. The molecule has 0 radical (unpaired) electrons. The number of nitriles is 1. The average Bonchev–Trinajstić information content (AvgIpc) is 1.98. The number of rotatable bonds is 2. The van der Waals surface area contributed by atoms with Crippen molar-refractivity contribution >= 4 is 16.9 Å². The van der Waals surface area contributed by atoms with E-state index >= 15 is 0 Å². The monoisotopic (exact) mass is 185 g/mol. The van der Waals surface area contributed by atoms with E-state index in [1.165, 1.54) is 11.8 Å². The Bertz CT molecular complexity index is 193. The predicted octanol–water partition coefficient (Wildman–Crippen LogP) is 1.77. The van der Waals surface area contributed by atoms with Gasteiger partial charge in [0.1, 0.15) is 0 Å². The second-order valence-electron chi connectivity index (χ2n) is 2.97. The van der Waals surface area contributed by atoms with Gasteiger partial charge in [-0.3, -0.25) is 0 Å². The van der Waals surface area contributed by atoms with E-state index in [0.717, 1.165) is 11.7 Å². The Hall–Kier alpha value is -0.690. The number of hydrogen-bond acceptors (Lipinski definition) is 3. The first-order valence-corrected chi connectivity index (χ1v) is 5.06. The van der Waals surface area contributed by atoms with E-state index in [4.69, 9.17) is 5.26 Å². The minimum Gasteiger partial charge on any atom is -0.353 e. The Kier molecular flexibility index (Phi) is 5.56. The molecule has 0 aromatic rings. The SMILES string of the molecule is CSC(=NC#N)N(C)CC(C)C. The summed E-state index contributed by atoms with van der Waals surface area (Å²) in [5.74, 6) is 0.589. The summed E-state index contributed by atoms with van der Waals surface area (Å²) in [6.07, 6.45) is 3.72. The van der Waals surface area contributed by atoms with E-state index in [1.54, 1.807) is 6.19 Å². The van der Waals surface area contributed by atoms with Crippen LogP contribution in [0.4, 0.5) is 0 Å². The van der Waals surface area contributed by atoms with E-state index in [9.17, 15) is 0 Å². The van der Waals surface area contributed by atoms with Gasteiger partial charge in [0.15, 0.2) is 5.17 Å². The fourth-order valence-electron chi connectivity index (χ4n) is 0.955. The summed E-state index contributed by atoms with van der Waals surface area (Å²) < 4.78 is 0. The van der Waals surface area contributed by atoms with Crippen molar-refractivity contribution in [1.82, 2.24) is 4.90 Å². The molecular formula is C8H15N3S. The maximum Gasteiger partial charge on any atom is 0.208 e. The molecule has 0 aliphatic rings. The van der Waals surface area contributed by atoms with E-state index < -0.39 is 0 Å². The van der Waals surface area contributed by atoms with Crippen LogP contribution in [-0.2, 0) is 0 Å². The summed E-state index contributed by atoms with van der Waals surface area (Å²) in [6.45, 7) is 5.21. The van der Waals surface area contributed by atoms with Crippen LogP contribution < -0.4 is 0 Å². The van der Waals surface area contributed by atoms with Gasteiger partial charge < -0.3 is 4.90 Å². The minimum absolute atomic E-state index is 0.589. The quantitative estimate of drug-likeness (QED) is 0.374. The highest BCUT2D eigenvalue weighted by Gasteiger charge is 2.06. The fraction of sp³-hybridized carbons (Fsp3) is 0.750. The first kappa shape index (κ1) is 11.3. The molecule has 0 atom stereocenters. The molecule has 0 amide bonds. The van der Waals surface area contributed by atoms with Crippen LogP contribution in [0.15, 0.2) is 4.99 Å². The van der Waals surface area contributed by atoms with Crippen molar-refractivity contribution < 1.29 is 0 Å². The van der Waals surface area contributed by atoms with E-state index in [-0.39, 0.29) is 0 Å². The lowest BCUT2D eigenvalue weighted by atomic mass is 10.2. The van der Waals surface area contributed by atoms with Gasteiger partial charge in [0.2, 0.25) is 6.19 Å². The highest BCUT2D eigenvalue weighted by molar-refractivity contribution is 8.13. The summed E-state index contributed by atoms with van der Waals surface area (Å²) in [6, 6.07) is 0. The zero-order valence-corrected chi connectivity index (χ0v) is 8.85. The summed E-state index contributed by atoms with van der Waals surface area (Å²) >= 11 is 1.50. The second-order valence-corrected chi connectivity index (χ2v) is 3.75. The van der Waals surface area contributed by atoms with Gasteiger partial charge in [0.25, 0.3) is 0 Å². The Morgan fingerprint density at radius 1 is 1.67 bits per heavy atom. The van der Waals surface area contributed by atoms with Crippen molar-refractivity contribution in [2.24, 2.45) is 10.9 Å². The largest absolute Gasteiger partial charge is 0.353 e. The molecule has 0 aromatic heterocycles. The lowest BCUT2D eigenvalue weighted by molar-refractivity contribution is 0.431. The van der Waals surface area contributed by atoms with Crippen LogP contribution in [0.1, 0.15) is 13.8 Å². The zero-order valence-electron chi connectivity index (χ0n) is 8.03. The van der Waals surface area contributed by atoms with E-state index in [0.29, 0.717) is 5.92 Å². The van der Waals surface area contributed by atoms with Crippen molar-refractivity contribution in [2.75, 3.05) is 19.8 Å². The van der Waals surface area contributed by atoms with Crippen molar-refractivity contribution in [3.63, 3.8) is 0 Å². The van der Waals surface area contributed by atoms with Gasteiger partial charge in [-0.15, -0.1) is 4.99 Å². The first-order chi connectivity index (χ1) is 5.61. The molecule has 0 aliphatic carbocycles. The molecule has 4 heteroatoms. The maximum absolute atomic E-state index is 8.37. The first-order valence-electron chi connectivity index (χ1n) is 3.83. The molecule has 0 aromatic carbocycles. The number of nitrogens with zero attached hydrogens (tertiary/aromatic N) is 3. The van der Waals surface area contributed by atoms with Gasteiger partial charge in [-0.1, -0.05) is 25.6 Å². The molecule has 68 valence electrons. The summed E-state index contributed by atoms with van der Waals surface area (Å²) in [4.78, 5) is 5.71. The maximum atomic E-state index is 8.37. The van der Waals surface area contributed by atoms with Crippen LogP contribution in [0, 0.1) is 17.4 Å².